The number of rotatable bonds is 4. The highest BCUT2D eigenvalue weighted by atomic mass is 16.5. The zero-order valence-electron chi connectivity index (χ0n) is 17.3. The van der Waals surface area contributed by atoms with Crippen molar-refractivity contribution in [3.05, 3.63) is 70.8 Å². The molecule has 0 unspecified atom stereocenters. The first kappa shape index (κ1) is 19.7. The van der Waals surface area contributed by atoms with Gasteiger partial charge in [-0.3, -0.25) is 4.79 Å². The summed E-state index contributed by atoms with van der Waals surface area (Å²) in [6.07, 6.45) is 2.21. The van der Waals surface area contributed by atoms with E-state index >= 15 is 0 Å². The van der Waals surface area contributed by atoms with Gasteiger partial charge >= 0.3 is 5.97 Å². The number of likely N-dealkylation sites (tertiary alicyclic amines) is 1. The molecule has 0 aliphatic carbocycles. The van der Waals surface area contributed by atoms with Gasteiger partial charge in [-0.15, -0.1) is 0 Å². The number of carboxylic acids is 1. The minimum absolute atomic E-state index is 0.204. The van der Waals surface area contributed by atoms with Crippen LogP contribution in [0.4, 0.5) is 0 Å². The average molecular weight is 392 g/mol. The molecular formula is C25H29NO3. The quantitative estimate of drug-likeness (QED) is 0.799. The number of hydrogen-bond acceptors (Lipinski definition) is 3. The highest BCUT2D eigenvalue weighted by molar-refractivity contribution is 5.87. The van der Waals surface area contributed by atoms with E-state index in [1.165, 1.54) is 27.8 Å². The van der Waals surface area contributed by atoms with Gasteiger partial charge in [-0.25, -0.2) is 0 Å². The number of piperidine rings is 1. The fraction of sp³-hybridized carbons (Fsp3) is 0.400. The predicted molar refractivity (Wildman–Crippen MR) is 115 cm³/mol. The normalized spacial score (nSPS) is 17.2. The summed E-state index contributed by atoms with van der Waals surface area (Å²) in [6, 6.07) is 16.9. The van der Waals surface area contributed by atoms with Gasteiger partial charge in [-0.2, -0.15) is 0 Å². The topological polar surface area (TPSA) is 49.8 Å². The predicted octanol–water partition coefficient (Wildman–Crippen LogP) is 4.98. The fourth-order valence-corrected chi connectivity index (χ4v) is 4.67. The Kier molecular flexibility index (Phi) is 5.46. The van der Waals surface area contributed by atoms with Crippen molar-refractivity contribution in [1.29, 1.82) is 0 Å². The number of benzene rings is 2. The average Bonchev–Trinajstić information content (AvgIpc) is 2.84. The lowest BCUT2D eigenvalue weighted by molar-refractivity contribution is -0.139. The minimum atomic E-state index is -0.721. The second-order valence-corrected chi connectivity index (χ2v) is 8.93. The molecule has 4 nitrogen and oxygen atoms in total. The first-order chi connectivity index (χ1) is 13.9. The maximum Gasteiger partial charge on any atom is 0.303 e. The fourth-order valence-electron chi connectivity index (χ4n) is 4.67. The molecule has 0 saturated carbocycles. The van der Waals surface area contributed by atoms with Crippen molar-refractivity contribution in [1.82, 2.24) is 4.90 Å². The summed E-state index contributed by atoms with van der Waals surface area (Å²) in [7, 11) is 0. The van der Waals surface area contributed by atoms with Crippen LogP contribution in [0, 0.1) is 5.41 Å². The maximum absolute atomic E-state index is 11.1. The Hall–Kier alpha value is -2.59. The van der Waals surface area contributed by atoms with Crippen molar-refractivity contribution in [2.24, 2.45) is 5.41 Å². The van der Waals surface area contributed by atoms with Crippen molar-refractivity contribution in [2.45, 2.75) is 39.7 Å². The number of ether oxygens (including phenoxy) is 1. The van der Waals surface area contributed by atoms with Gasteiger partial charge in [0.1, 0.15) is 12.4 Å². The molecule has 4 heteroatoms. The number of hydrogen-bond donors (Lipinski definition) is 1. The molecule has 152 valence electrons. The number of carboxylic acid groups (broad SMARTS) is 1. The largest absolute Gasteiger partial charge is 0.488 e. The number of nitrogens with zero attached hydrogens (tertiary/aromatic N) is 1. The van der Waals surface area contributed by atoms with E-state index in [4.69, 9.17) is 9.84 Å². The van der Waals surface area contributed by atoms with Crippen LogP contribution in [-0.4, -0.2) is 35.6 Å². The first-order valence-electron chi connectivity index (χ1n) is 10.4. The molecule has 2 heterocycles. The van der Waals surface area contributed by atoms with Gasteiger partial charge in [0.2, 0.25) is 0 Å². The van der Waals surface area contributed by atoms with Crippen LogP contribution in [0.2, 0.25) is 0 Å². The molecule has 2 aromatic rings. The zero-order valence-corrected chi connectivity index (χ0v) is 17.3. The van der Waals surface area contributed by atoms with Gasteiger partial charge in [0, 0.05) is 25.2 Å². The third-order valence-corrected chi connectivity index (χ3v) is 5.92. The Bertz CT molecular complexity index is 885. The molecule has 4 rings (SSSR count). The molecule has 0 radical (unpaired) electrons. The first-order valence-corrected chi connectivity index (χ1v) is 10.4. The summed E-state index contributed by atoms with van der Waals surface area (Å²) in [5, 5.41) is 9.17. The van der Waals surface area contributed by atoms with Gasteiger partial charge in [-0.1, -0.05) is 61.9 Å². The summed E-state index contributed by atoms with van der Waals surface area (Å²) < 4.78 is 6.12. The smallest absolute Gasteiger partial charge is 0.303 e. The zero-order chi connectivity index (χ0) is 20.4. The van der Waals surface area contributed by atoms with Gasteiger partial charge in [-0.05, 0) is 41.0 Å². The van der Waals surface area contributed by atoms with E-state index < -0.39 is 5.97 Å². The van der Waals surface area contributed by atoms with Crippen LogP contribution in [0.25, 0.3) is 5.57 Å². The maximum atomic E-state index is 11.1. The summed E-state index contributed by atoms with van der Waals surface area (Å²) in [4.78, 5) is 13.6. The molecule has 1 N–H and O–H groups in total. The second kappa shape index (κ2) is 8.03. The molecule has 0 bridgehead atoms. The van der Waals surface area contributed by atoms with Gasteiger partial charge in [0.15, 0.2) is 0 Å². The number of fused-ring (bicyclic) bond motifs is 2. The Labute approximate surface area is 172 Å². The lowest BCUT2D eigenvalue weighted by Crippen LogP contribution is -2.39. The summed E-state index contributed by atoms with van der Waals surface area (Å²) in [6.45, 7) is 7.44. The Morgan fingerprint density at radius 1 is 1.03 bits per heavy atom. The molecule has 1 fully saturated rings. The molecule has 0 amide bonds. The lowest BCUT2D eigenvalue weighted by Gasteiger charge is -2.35. The van der Waals surface area contributed by atoms with Gasteiger partial charge in [0.05, 0.1) is 6.42 Å². The van der Waals surface area contributed by atoms with Crippen molar-refractivity contribution >= 4 is 11.5 Å². The number of para-hydroxylation sites is 1. The van der Waals surface area contributed by atoms with Gasteiger partial charge in [0.25, 0.3) is 0 Å². The molecule has 0 spiro atoms. The van der Waals surface area contributed by atoms with Crippen LogP contribution in [0.15, 0.2) is 54.1 Å². The number of carbonyl (C=O) groups is 1. The molecule has 2 aliphatic rings. The minimum Gasteiger partial charge on any atom is -0.488 e. The Balaban J connectivity index is 1.62. The summed E-state index contributed by atoms with van der Waals surface area (Å²) in [5.41, 5.74) is 6.29. The van der Waals surface area contributed by atoms with Crippen LogP contribution >= 0.6 is 0 Å². The van der Waals surface area contributed by atoms with Crippen LogP contribution in [0.3, 0.4) is 0 Å². The summed E-state index contributed by atoms with van der Waals surface area (Å²) in [5.74, 6) is 0.234. The molecule has 29 heavy (non-hydrogen) atoms. The molecule has 0 atom stereocenters. The molecule has 0 aromatic heterocycles. The van der Waals surface area contributed by atoms with Crippen LogP contribution in [-0.2, 0) is 11.4 Å². The Morgan fingerprint density at radius 3 is 2.41 bits per heavy atom. The van der Waals surface area contributed by atoms with E-state index in [2.05, 4.69) is 47.4 Å². The highest BCUT2D eigenvalue weighted by Crippen LogP contribution is 2.41. The SMILES string of the molecule is CC(C)(CC(=O)O)CN1CCC(=C2c3ccccc3COc3ccccc32)CC1. The molecule has 1 saturated heterocycles. The van der Waals surface area contributed by atoms with Crippen molar-refractivity contribution in [2.75, 3.05) is 19.6 Å². The van der Waals surface area contributed by atoms with Crippen molar-refractivity contribution in [3.8, 4) is 5.75 Å². The molecule has 2 aromatic carbocycles. The van der Waals surface area contributed by atoms with E-state index in [-0.39, 0.29) is 11.8 Å². The summed E-state index contributed by atoms with van der Waals surface area (Å²) >= 11 is 0. The lowest BCUT2D eigenvalue weighted by atomic mass is 9.85. The third-order valence-electron chi connectivity index (χ3n) is 5.92. The highest BCUT2D eigenvalue weighted by Gasteiger charge is 2.28. The van der Waals surface area contributed by atoms with E-state index in [9.17, 15) is 4.79 Å². The third kappa shape index (κ3) is 4.38. The van der Waals surface area contributed by atoms with E-state index in [1.54, 1.807) is 0 Å². The molecular weight excluding hydrogens is 362 g/mol. The van der Waals surface area contributed by atoms with E-state index in [0.717, 1.165) is 38.2 Å². The van der Waals surface area contributed by atoms with Crippen molar-refractivity contribution in [3.63, 3.8) is 0 Å². The van der Waals surface area contributed by atoms with Crippen LogP contribution in [0.5, 0.6) is 5.75 Å². The van der Waals surface area contributed by atoms with E-state index in [0.29, 0.717) is 6.61 Å². The molecule has 2 aliphatic heterocycles. The van der Waals surface area contributed by atoms with Crippen molar-refractivity contribution < 1.29 is 14.6 Å². The monoisotopic (exact) mass is 391 g/mol. The van der Waals surface area contributed by atoms with Crippen LogP contribution in [0.1, 0.15) is 49.8 Å². The van der Waals surface area contributed by atoms with Crippen LogP contribution < -0.4 is 4.74 Å². The van der Waals surface area contributed by atoms with E-state index in [1.807, 2.05) is 19.9 Å². The Morgan fingerprint density at radius 2 is 1.69 bits per heavy atom. The second-order valence-electron chi connectivity index (χ2n) is 8.93. The number of aliphatic carboxylic acids is 1. The van der Waals surface area contributed by atoms with Gasteiger partial charge < -0.3 is 14.7 Å². The standard InChI is InChI=1S/C25H29NO3/c1-25(2,15-23(27)28)17-26-13-11-18(12-14-26)24-20-8-4-3-7-19(20)16-29-22-10-6-5-9-21(22)24/h3-10H,11-17H2,1-2H3,(H,27,28).